The van der Waals surface area contributed by atoms with E-state index in [0.717, 1.165) is 12.8 Å². The van der Waals surface area contributed by atoms with Crippen molar-refractivity contribution in [2.24, 2.45) is 0 Å². The Morgan fingerprint density at radius 2 is 1.24 bits per heavy atom. The lowest BCUT2D eigenvalue weighted by Gasteiger charge is -2.12. The van der Waals surface area contributed by atoms with Crippen molar-refractivity contribution >= 4 is 5.97 Å². The highest BCUT2D eigenvalue weighted by Gasteiger charge is 2.07. The summed E-state index contributed by atoms with van der Waals surface area (Å²) >= 11 is 0. The molecular weight excluding hydrogens is 260 g/mol. The molecule has 126 valence electrons. The van der Waals surface area contributed by atoms with E-state index in [2.05, 4.69) is 6.92 Å². The monoisotopic (exact) mass is 298 g/mol. The maximum atomic E-state index is 11.3. The largest absolute Gasteiger partial charge is 0.463 e. The van der Waals surface area contributed by atoms with Crippen LogP contribution in [0.5, 0.6) is 0 Å². The lowest BCUT2D eigenvalue weighted by atomic mass is 10.0. The molecule has 0 N–H and O–H groups in total. The van der Waals surface area contributed by atoms with Crippen molar-refractivity contribution in [1.82, 2.24) is 0 Å². The second kappa shape index (κ2) is 15.9. The van der Waals surface area contributed by atoms with Gasteiger partial charge >= 0.3 is 5.97 Å². The van der Waals surface area contributed by atoms with Crippen LogP contribution < -0.4 is 0 Å². The number of ether oxygens (including phenoxy) is 1. The van der Waals surface area contributed by atoms with E-state index in [4.69, 9.17) is 4.74 Å². The molecule has 0 saturated heterocycles. The SMILES string of the molecule is CCCCCCCCCCCCCC(C)OC(=O)CCC. The second-order valence-corrected chi connectivity index (χ2v) is 6.37. The van der Waals surface area contributed by atoms with Crippen molar-refractivity contribution in [2.45, 2.75) is 117 Å². The average molecular weight is 299 g/mol. The Morgan fingerprint density at radius 1 is 0.762 bits per heavy atom. The lowest BCUT2D eigenvalue weighted by Crippen LogP contribution is -2.14. The molecule has 2 nitrogen and oxygen atoms in total. The molecule has 0 heterocycles. The molecular formula is C19H38O2. The number of unbranched alkanes of at least 4 members (excludes halogenated alkanes) is 10. The van der Waals surface area contributed by atoms with Gasteiger partial charge in [-0.15, -0.1) is 0 Å². The first-order valence-electron chi connectivity index (χ1n) is 9.40. The van der Waals surface area contributed by atoms with Crippen LogP contribution in [0.2, 0.25) is 0 Å². The summed E-state index contributed by atoms with van der Waals surface area (Å²) in [6.07, 6.45) is 17.6. The molecule has 1 atom stereocenters. The Morgan fingerprint density at radius 3 is 1.71 bits per heavy atom. The summed E-state index contributed by atoms with van der Waals surface area (Å²) in [5, 5.41) is 0. The van der Waals surface area contributed by atoms with Gasteiger partial charge in [-0.05, 0) is 26.2 Å². The van der Waals surface area contributed by atoms with Crippen molar-refractivity contribution in [3.05, 3.63) is 0 Å². The van der Waals surface area contributed by atoms with Gasteiger partial charge < -0.3 is 4.74 Å². The normalized spacial score (nSPS) is 12.3. The highest BCUT2D eigenvalue weighted by molar-refractivity contribution is 5.69. The first-order valence-corrected chi connectivity index (χ1v) is 9.40. The number of esters is 1. The molecule has 0 bridgehead atoms. The Balaban J connectivity index is 3.19. The molecule has 0 spiro atoms. The van der Waals surface area contributed by atoms with Gasteiger partial charge in [0.15, 0.2) is 0 Å². The van der Waals surface area contributed by atoms with E-state index >= 15 is 0 Å². The van der Waals surface area contributed by atoms with E-state index in [-0.39, 0.29) is 12.1 Å². The topological polar surface area (TPSA) is 26.3 Å². The van der Waals surface area contributed by atoms with Crippen molar-refractivity contribution < 1.29 is 9.53 Å². The van der Waals surface area contributed by atoms with Crippen LogP contribution in [-0.4, -0.2) is 12.1 Å². The highest BCUT2D eigenvalue weighted by atomic mass is 16.5. The lowest BCUT2D eigenvalue weighted by molar-refractivity contribution is -0.148. The van der Waals surface area contributed by atoms with E-state index in [1.165, 1.54) is 70.6 Å². The third-order valence-electron chi connectivity index (χ3n) is 4.00. The summed E-state index contributed by atoms with van der Waals surface area (Å²) in [6, 6.07) is 0. The molecule has 0 amide bonds. The predicted octanol–water partition coefficient (Wildman–Crippen LogP) is 6.42. The van der Waals surface area contributed by atoms with Crippen LogP contribution in [0, 0.1) is 0 Å². The third-order valence-corrected chi connectivity index (χ3v) is 4.00. The molecule has 0 rings (SSSR count). The summed E-state index contributed by atoms with van der Waals surface area (Å²) in [5.41, 5.74) is 0. The number of hydrogen-bond acceptors (Lipinski definition) is 2. The van der Waals surface area contributed by atoms with Gasteiger partial charge in [0.05, 0.1) is 6.10 Å². The highest BCUT2D eigenvalue weighted by Crippen LogP contribution is 2.13. The number of carbonyl (C=O) groups excluding carboxylic acids is 1. The first-order chi connectivity index (χ1) is 10.2. The minimum atomic E-state index is -0.0342. The van der Waals surface area contributed by atoms with Gasteiger partial charge in [-0.3, -0.25) is 4.79 Å². The van der Waals surface area contributed by atoms with Crippen molar-refractivity contribution in [3.63, 3.8) is 0 Å². The molecule has 0 aliphatic heterocycles. The van der Waals surface area contributed by atoms with Gasteiger partial charge in [0.1, 0.15) is 0 Å². The minimum Gasteiger partial charge on any atom is -0.463 e. The zero-order valence-corrected chi connectivity index (χ0v) is 14.8. The molecule has 0 radical (unpaired) electrons. The fourth-order valence-corrected chi connectivity index (χ4v) is 2.64. The van der Waals surface area contributed by atoms with Gasteiger partial charge in [-0.1, -0.05) is 78.1 Å². The Labute approximate surface area is 133 Å². The second-order valence-electron chi connectivity index (χ2n) is 6.37. The fraction of sp³-hybridized carbons (Fsp3) is 0.947. The molecule has 0 fully saturated rings. The Hall–Kier alpha value is -0.530. The zero-order valence-electron chi connectivity index (χ0n) is 14.8. The van der Waals surface area contributed by atoms with Crippen LogP contribution >= 0.6 is 0 Å². The third kappa shape index (κ3) is 15.7. The number of hydrogen-bond donors (Lipinski definition) is 0. The molecule has 0 saturated carbocycles. The fourth-order valence-electron chi connectivity index (χ4n) is 2.64. The Kier molecular flexibility index (Phi) is 15.5. The van der Waals surface area contributed by atoms with Crippen molar-refractivity contribution in [3.8, 4) is 0 Å². The van der Waals surface area contributed by atoms with E-state index in [1.54, 1.807) is 0 Å². The molecule has 0 aromatic heterocycles. The summed E-state index contributed by atoms with van der Waals surface area (Å²) in [5.74, 6) is -0.0342. The van der Waals surface area contributed by atoms with Gasteiger partial charge in [0.2, 0.25) is 0 Å². The summed E-state index contributed by atoms with van der Waals surface area (Å²) in [7, 11) is 0. The maximum Gasteiger partial charge on any atom is 0.306 e. The van der Waals surface area contributed by atoms with Crippen LogP contribution in [-0.2, 0) is 9.53 Å². The average Bonchev–Trinajstić information content (AvgIpc) is 2.45. The van der Waals surface area contributed by atoms with Crippen LogP contribution in [0.3, 0.4) is 0 Å². The molecule has 21 heavy (non-hydrogen) atoms. The van der Waals surface area contributed by atoms with Crippen LogP contribution in [0.15, 0.2) is 0 Å². The van der Waals surface area contributed by atoms with Gasteiger partial charge in [0, 0.05) is 6.42 Å². The molecule has 2 heteroatoms. The summed E-state index contributed by atoms with van der Waals surface area (Å²) in [6.45, 7) is 6.30. The van der Waals surface area contributed by atoms with Gasteiger partial charge in [0.25, 0.3) is 0 Å². The maximum absolute atomic E-state index is 11.3. The minimum absolute atomic E-state index is 0.0342. The molecule has 0 aromatic rings. The predicted molar refractivity (Wildman–Crippen MR) is 91.5 cm³/mol. The van der Waals surface area contributed by atoms with Crippen LogP contribution in [0.4, 0.5) is 0 Å². The number of rotatable bonds is 15. The standard InChI is InChI=1S/C19H38O2/c1-4-6-7-8-9-10-11-12-13-14-15-17-18(3)21-19(20)16-5-2/h18H,4-17H2,1-3H3. The zero-order chi connectivity index (χ0) is 15.8. The first kappa shape index (κ1) is 20.5. The van der Waals surface area contributed by atoms with Crippen LogP contribution in [0.1, 0.15) is 111 Å². The van der Waals surface area contributed by atoms with Crippen molar-refractivity contribution in [1.29, 1.82) is 0 Å². The molecule has 1 unspecified atom stereocenters. The molecule has 0 aliphatic rings. The van der Waals surface area contributed by atoms with E-state index in [0.29, 0.717) is 6.42 Å². The van der Waals surface area contributed by atoms with E-state index in [1.807, 2.05) is 13.8 Å². The molecule has 0 aromatic carbocycles. The van der Waals surface area contributed by atoms with Crippen LogP contribution in [0.25, 0.3) is 0 Å². The summed E-state index contributed by atoms with van der Waals surface area (Å²) < 4.78 is 5.34. The van der Waals surface area contributed by atoms with Gasteiger partial charge in [-0.2, -0.15) is 0 Å². The van der Waals surface area contributed by atoms with Gasteiger partial charge in [-0.25, -0.2) is 0 Å². The Bertz CT molecular complexity index is 226. The molecule has 0 aliphatic carbocycles. The van der Waals surface area contributed by atoms with Crippen molar-refractivity contribution in [2.75, 3.05) is 0 Å². The smallest absolute Gasteiger partial charge is 0.306 e. The van der Waals surface area contributed by atoms with E-state index < -0.39 is 0 Å². The summed E-state index contributed by atoms with van der Waals surface area (Å²) in [4.78, 5) is 11.3. The quantitative estimate of drug-likeness (QED) is 0.257. The van der Waals surface area contributed by atoms with E-state index in [9.17, 15) is 4.79 Å². The number of carbonyl (C=O) groups is 1.